The molecule has 1 aliphatic carbocycles. The van der Waals surface area contributed by atoms with E-state index in [0.29, 0.717) is 18.8 Å². The molecule has 1 saturated carbocycles. The summed E-state index contributed by atoms with van der Waals surface area (Å²) in [5.41, 5.74) is 0. The van der Waals surface area contributed by atoms with Crippen molar-refractivity contribution in [2.75, 3.05) is 13.2 Å². The molecule has 3 heteroatoms. The van der Waals surface area contributed by atoms with Gasteiger partial charge in [0.25, 0.3) is 0 Å². The second-order valence-corrected chi connectivity index (χ2v) is 5.11. The molecule has 0 heterocycles. The number of rotatable bonds is 7. The summed E-state index contributed by atoms with van der Waals surface area (Å²) in [5.74, 6) is 1.85. The SMILES string of the molecule is CCCNC1CCC(Oc2ccc(OCC)cc2)C1. The van der Waals surface area contributed by atoms with E-state index >= 15 is 0 Å². The van der Waals surface area contributed by atoms with E-state index in [1.54, 1.807) is 0 Å². The number of ether oxygens (including phenoxy) is 2. The third-order valence-electron chi connectivity index (χ3n) is 3.51. The van der Waals surface area contributed by atoms with Crippen molar-refractivity contribution in [1.29, 1.82) is 0 Å². The molecule has 1 aromatic carbocycles. The van der Waals surface area contributed by atoms with Crippen LogP contribution in [0.1, 0.15) is 39.5 Å². The van der Waals surface area contributed by atoms with E-state index in [-0.39, 0.29) is 0 Å². The van der Waals surface area contributed by atoms with Crippen LogP contribution in [0, 0.1) is 0 Å². The second kappa shape index (κ2) is 7.39. The van der Waals surface area contributed by atoms with Gasteiger partial charge in [-0.1, -0.05) is 6.92 Å². The van der Waals surface area contributed by atoms with Gasteiger partial charge in [0, 0.05) is 6.04 Å². The smallest absolute Gasteiger partial charge is 0.119 e. The lowest BCUT2D eigenvalue weighted by Crippen LogP contribution is -2.28. The first kappa shape index (κ1) is 14.2. The minimum atomic E-state index is 0.354. The molecule has 2 atom stereocenters. The van der Waals surface area contributed by atoms with E-state index in [2.05, 4.69) is 12.2 Å². The van der Waals surface area contributed by atoms with Gasteiger partial charge in [-0.25, -0.2) is 0 Å². The van der Waals surface area contributed by atoms with Gasteiger partial charge in [-0.15, -0.1) is 0 Å². The first-order chi connectivity index (χ1) is 9.31. The molecule has 106 valence electrons. The number of hydrogen-bond donors (Lipinski definition) is 1. The number of benzene rings is 1. The van der Waals surface area contributed by atoms with E-state index in [0.717, 1.165) is 30.9 Å². The van der Waals surface area contributed by atoms with Gasteiger partial charge < -0.3 is 14.8 Å². The molecule has 1 N–H and O–H groups in total. The Morgan fingerprint density at radius 1 is 1.11 bits per heavy atom. The van der Waals surface area contributed by atoms with Crippen LogP contribution in [-0.4, -0.2) is 25.3 Å². The molecule has 19 heavy (non-hydrogen) atoms. The fraction of sp³-hybridized carbons (Fsp3) is 0.625. The van der Waals surface area contributed by atoms with Crippen molar-refractivity contribution in [3.8, 4) is 11.5 Å². The molecule has 0 spiro atoms. The Bertz CT molecular complexity index is 364. The van der Waals surface area contributed by atoms with Crippen molar-refractivity contribution in [3.63, 3.8) is 0 Å². The summed E-state index contributed by atoms with van der Waals surface area (Å²) in [6.45, 7) is 6.01. The van der Waals surface area contributed by atoms with Crippen molar-refractivity contribution in [3.05, 3.63) is 24.3 Å². The predicted octanol–water partition coefficient (Wildman–Crippen LogP) is 3.38. The molecule has 2 rings (SSSR count). The van der Waals surface area contributed by atoms with Crippen LogP contribution in [0.4, 0.5) is 0 Å². The third-order valence-corrected chi connectivity index (χ3v) is 3.51. The summed E-state index contributed by atoms with van der Waals surface area (Å²) >= 11 is 0. The maximum atomic E-state index is 6.02. The van der Waals surface area contributed by atoms with E-state index in [9.17, 15) is 0 Å². The lowest BCUT2D eigenvalue weighted by Gasteiger charge is -2.15. The molecule has 1 aromatic rings. The van der Waals surface area contributed by atoms with Gasteiger partial charge >= 0.3 is 0 Å². The minimum Gasteiger partial charge on any atom is -0.494 e. The first-order valence-electron chi connectivity index (χ1n) is 7.44. The highest BCUT2D eigenvalue weighted by atomic mass is 16.5. The molecule has 0 amide bonds. The summed E-state index contributed by atoms with van der Waals surface area (Å²) in [6, 6.07) is 8.57. The lowest BCUT2D eigenvalue weighted by atomic mass is 10.2. The van der Waals surface area contributed by atoms with Crippen LogP contribution >= 0.6 is 0 Å². The van der Waals surface area contributed by atoms with Crippen molar-refractivity contribution < 1.29 is 9.47 Å². The predicted molar refractivity (Wildman–Crippen MR) is 78.0 cm³/mol. The number of nitrogens with one attached hydrogen (secondary N) is 1. The van der Waals surface area contributed by atoms with Gasteiger partial charge in [0.1, 0.15) is 17.6 Å². The summed E-state index contributed by atoms with van der Waals surface area (Å²) in [4.78, 5) is 0. The highest BCUT2D eigenvalue weighted by Gasteiger charge is 2.25. The van der Waals surface area contributed by atoms with Gasteiger partial charge in [-0.2, -0.15) is 0 Å². The van der Waals surface area contributed by atoms with Crippen LogP contribution in [0.25, 0.3) is 0 Å². The minimum absolute atomic E-state index is 0.354. The topological polar surface area (TPSA) is 30.5 Å². The first-order valence-corrected chi connectivity index (χ1v) is 7.44. The largest absolute Gasteiger partial charge is 0.494 e. The fourth-order valence-corrected chi connectivity index (χ4v) is 2.55. The maximum absolute atomic E-state index is 6.02. The van der Waals surface area contributed by atoms with Crippen LogP contribution in [-0.2, 0) is 0 Å². The lowest BCUT2D eigenvalue weighted by molar-refractivity contribution is 0.206. The Morgan fingerprint density at radius 2 is 1.84 bits per heavy atom. The average Bonchev–Trinajstić information content (AvgIpc) is 2.87. The zero-order chi connectivity index (χ0) is 13.5. The highest BCUT2D eigenvalue weighted by Crippen LogP contribution is 2.26. The Morgan fingerprint density at radius 3 is 2.53 bits per heavy atom. The molecule has 0 saturated heterocycles. The van der Waals surface area contributed by atoms with Gasteiger partial charge in [0.2, 0.25) is 0 Å². The molecule has 0 aromatic heterocycles. The maximum Gasteiger partial charge on any atom is 0.119 e. The van der Waals surface area contributed by atoms with Gasteiger partial charge in [0.15, 0.2) is 0 Å². The third kappa shape index (κ3) is 4.43. The monoisotopic (exact) mass is 263 g/mol. The average molecular weight is 263 g/mol. The Balaban J connectivity index is 1.78. The molecule has 0 radical (unpaired) electrons. The Hall–Kier alpha value is -1.22. The fourth-order valence-electron chi connectivity index (χ4n) is 2.55. The van der Waals surface area contributed by atoms with Gasteiger partial charge in [-0.05, 0) is 63.4 Å². The van der Waals surface area contributed by atoms with Crippen LogP contribution < -0.4 is 14.8 Å². The zero-order valence-corrected chi connectivity index (χ0v) is 12.0. The summed E-state index contributed by atoms with van der Waals surface area (Å²) in [5, 5.41) is 3.57. The van der Waals surface area contributed by atoms with Crippen LogP contribution in [0.2, 0.25) is 0 Å². The van der Waals surface area contributed by atoms with E-state index < -0.39 is 0 Å². The van der Waals surface area contributed by atoms with E-state index in [1.807, 2.05) is 31.2 Å². The molecule has 3 nitrogen and oxygen atoms in total. The summed E-state index contributed by atoms with van der Waals surface area (Å²) < 4.78 is 11.4. The molecule has 1 aliphatic rings. The van der Waals surface area contributed by atoms with Crippen LogP contribution in [0.15, 0.2) is 24.3 Å². The Kier molecular flexibility index (Phi) is 5.52. The highest BCUT2D eigenvalue weighted by molar-refractivity contribution is 5.31. The molecule has 2 unspecified atom stereocenters. The van der Waals surface area contributed by atoms with Gasteiger partial charge in [-0.3, -0.25) is 0 Å². The molecule has 1 fully saturated rings. The second-order valence-electron chi connectivity index (χ2n) is 5.11. The van der Waals surface area contributed by atoms with Crippen molar-refractivity contribution in [1.82, 2.24) is 5.32 Å². The number of hydrogen-bond acceptors (Lipinski definition) is 3. The standard InChI is InChI=1S/C16H25NO2/c1-3-11-17-13-5-6-16(12-13)19-15-9-7-14(8-10-15)18-4-2/h7-10,13,16-17H,3-6,11-12H2,1-2H3. The van der Waals surface area contributed by atoms with Crippen molar-refractivity contribution >= 4 is 0 Å². The molecular formula is C16H25NO2. The molecule has 0 aliphatic heterocycles. The Labute approximate surface area is 116 Å². The quantitative estimate of drug-likeness (QED) is 0.818. The summed E-state index contributed by atoms with van der Waals surface area (Å²) in [6.07, 6.45) is 5.04. The van der Waals surface area contributed by atoms with E-state index in [4.69, 9.17) is 9.47 Å². The van der Waals surface area contributed by atoms with Crippen LogP contribution in [0.5, 0.6) is 11.5 Å². The summed E-state index contributed by atoms with van der Waals surface area (Å²) in [7, 11) is 0. The molecule has 0 bridgehead atoms. The van der Waals surface area contributed by atoms with Crippen LogP contribution in [0.3, 0.4) is 0 Å². The van der Waals surface area contributed by atoms with Crippen molar-refractivity contribution in [2.24, 2.45) is 0 Å². The zero-order valence-electron chi connectivity index (χ0n) is 12.0. The van der Waals surface area contributed by atoms with Crippen molar-refractivity contribution in [2.45, 2.75) is 51.7 Å². The molecular weight excluding hydrogens is 238 g/mol. The normalized spacial score (nSPS) is 22.4. The van der Waals surface area contributed by atoms with Gasteiger partial charge in [0.05, 0.1) is 6.61 Å². The van der Waals surface area contributed by atoms with E-state index in [1.165, 1.54) is 12.8 Å².